The second-order valence-electron chi connectivity index (χ2n) is 5.49. The van der Waals surface area contributed by atoms with Crippen LogP contribution < -0.4 is 5.73 Å². The lowest BCUT2D eigenvalue weighted by Crippen LogP contribution is -2.14. The summed E-state index contributed by atoms with van der Waals surface area (Å²) >= 11 is 0. The number of rotatable bonds is 3. The topological polar surface area (TPSA) is 67.8 Å². The number of benzene rings is 1. The smallest absolute Gasteiger partial charge is 0.113 e. The lowest BCUT2D eigenvalue weighted by Gasteiger charge is -2.09. The summed E-state index contributed by atoms with van der Waals surface area (Å²) in [6.07, 6.45) is 4.33. The molecule has 3 N–H and O–H groups in total. The molecular weight excluding hydrogens is 262 g/mol. The first-order valence-corrected chi connectivity index (χ1v) is 7.26. The molecule has 4 nitrogen and oxygen atoms in total. The summed E-state index contributed by atoms with van der Waals surface area (Å²) in [5, 5.41) is 0. The number of nitrogens with two attached hydrogens (primary N) is 1. The summed E-state index contributed by atoms with van der Waals surface area (Å²) in [5.74, 6) is 1.98. The molecule has 1 aliphatic carbocycles. The molecule has 0 amide bonds. The highest BCUT2D eigenvalue weighted by atomic mass is 16.3. The van der Waals surface area contributed by atoms with Crippen molar-refractivity contribution in [2.24, 2.45) is 5.73 Å². The van der Waals surface area contributed by atoms with E-state index in [1.165, 1.54) is 5.69 Å². The minimum absolute atomic E-state index is 0.0392. The molecular formula is C17H17N3O. The third-order valence-electron chi connectivity index (χ3n) is 4.07. The second-order valence-corrected chi connectivity index (χ2v) is 5.49. The highest BCUT2D eigenvalue weighted by Crippen LogP contribution is 2.33. The molecule has 0 spiro atoms. The second kappa shape index (κ2) is 4.90. The van der Waals surface area contributed by atoms with E-state index in [2.05, 4.69) is 17.1 Å². The van der Waals surface area contributed by atoms with Gasteiger partial charge >= 0.3 is 0 Å². The van der Waals surface area contributed by atoms with Gasteiger partial charge in [-0.25, -0.2) is 4.98 Å². The number of aryl methyl sites for hydroxylation is 2. The predicted molar refractivity (Wildman–Crippen MR) is 80.8 cm³/mol. The number of H-pyrrole nitrogens is 1. The van der Waals surface area contributed by atoms with E-state index in [-0.39, 0.29) is 6.04 Å². The van der Waals surface area contributed by atoms with Gasteiger partial charge in [-0.1, -0.05) is 30.3 Å². The molecule has 1 aliphatic rings. The maximum atomic E-state index is 6.28. The molecule has 0 radical (unpaired) electrons. The van der Waals surface area contributed by atoms with E-state index < -0.39 is 0 Å². The normalized spacial score (nSPS) is 14.5. The highest BCUT2D eigenvalue weighted by molar-refractivity contribution is 5.66. The molecule has 1 aromatic carbocycles. The minimum Gasteiger partial charge on any atom is -0.469 e. The van der Waals surface area contributed by atoms with Gasteiger partial charge in [0.2, 0.25) is 0 Å². The fourth-order valence-corrected chi connectivity index (χ4v) is 2.97. The largest absolute Gasteiger partial charge is 0.469 e. The molecule has 1 unspecified atom stereocenters. The molecule has 3 aromatic rings. The quantitative estimate of drug-likeness (QED) is 0.774. The van der Waals surface area contributed by atoms with E-state index in [1.807, 2.05) is 24.3 Å². The molecule has 2 aromatic heterocycles. The van der Waals surface area contributed by atoms with Crippen molar-refractivity contribution >= 4 is 0 Å². The van der Waals surface area contributed by atoms with Crippen molar-refractivity contribution in [1.82, 2.24) is 9.97 Å². The predicted octanol–water partition coefficient (Wildman–Crippen LogP) is 3.01. The number of nitrogens with one attached hydrogen (secondary N) is 1. The zero-order valence-electron chi connectivity index (χ0n) is 11.7. The Morgan fingerprint density at radius 1 is 1.19 bits per heavy atom. The van der Waals surface area contributed by atoms with Crippen LogP contribution in [0.2, 0.25) is 0 Å². The summed E-state index contributed by atoms with van der Waals surface area (Å²) in [4.78, 5) is 8.17. The van der Waals surface area contributed by atoms with Crippen LogP contribution in [-0.2, 0) is 19.3 Å². The Hall–Kier alpha value is -2.33. The third kappa shape index (κ3) is 2.17. The number of hydrogen-bond donors (Lipinski definition) is 2. The standard InChI is InChI=1S/C17H17N3O/c18-13(11-4-2-1-3-5-11)10-16-19-14-6-7-15-12(8-9-21-15)17(14)20-16/h1-5,8-9,13H,6-7,10,18H2,(H,19,20). The fraction of sp³-hybridized carbons (Fsp3) is 0.235. The number of furan rings is 1. The Morgan fingerprint density at radius 2 is 2.05 bits per heavy atom. The van der Waals surface area contributed by atoms with E-state index >= 15 is 0 Å². The van der Waals surface area contributed by atoms with Crippen molar-refractivity contribution in [1.29, 1.82) is 0 Å². The van der Waals surface area contributed by atoms with Crippen molar-refractivity contribution < 1.29 is 4.42 Å². The van der Waals surface area contributed by atoms with Crippen molar-refractivity contribution in [3.63, 3.8) is 0 Å². The van der Waals surface area contributed by atoms with Crippen molar-refractivity contribution in [2.75, 3.05) is 0 Å². The van der Waals surface area contributed by atoms with Crippen molar-refractivity contribution in [2.45, 2.75) is 25.3 Å². The van der Waals surface area contributed by atoms with E-state index in [1.54, 1.807) is 6.26 Å². The highest BCUT2D eigenvalue weighted by Gasteiger charge is 2.23. The van der Waals surface area contributed by atoms with Crippen molar-refractivity contribution in [3.8, 4) is 11.3 Å². The third-order valence-corrected chi connectivity index (χ3v) is 4.07. The van der Waals surface area contributed by atoms with Crippen LogP contribution in [0, 0.1) is 0 Å². The van der Waals surface area contributed by atoms with E-state index in [0.717, 1.165) is 41.2 Å². The van der Waals surface area contributed by atoms with Crippen LogP contribution >= 0.6 is 0 Å². The van der Waals surface area contributed by atoms with Gasteiger partial charge in [-0.15, -0.1) is 0 Å². The van der Waals surface area contributed by atoms with Crippen LogP contribution in [0.3, 0.4) is 0 Å². The van der Waals surface area contributed by atoms with Crippen LogP contribution in [0.4, 0.5) is 0 Å². The van der Waals surface area contributed by atoms with Gasteiger partial charge in [0, 0.05) is 30.1 Å². The summed E-state index contributed by atoms with van der Waals surface area (Å²) in [6, 6.07) is 12.1. The number of hydrogen-bond acceptors (Lipinski definition) is 3. The van der Waals surface area contributed by atoms with Crippen LogP contribution in [0.25, 0.3) is 11.3 Å². The lowest BCUT2D eigenvalue weighted by atomic mass is 10.00. The summed E-state index contributed by atoms with van der Waals surface area (Å²) in [7, 11) is 0. The minimum atomic E-state index is -0.0392. The number of imidazole rings is 1. The monoisotopic (exact) mass is 279 g/mol. The number of fused-ring (bicyclic) bond motifs is 3. The SMILES string of the molecule is NC(Cc1nc2c([nH]1)CCc1occc1-2)c1ccccc1. The Kier molecular flexibility index (Phi) is 2.89. The van der Waals surface area contributed by atoms with Gasteiger partial charge in [-0.3, -0.25) is 0 Å². The zero-order chi connectivity index (χ0) is 14.2. The van der Waals surface area contributed by atoms with E-state index in [0.29, 0.717) is 6.42 Å². The number of aromatic nitrogens is 2. The van der Waals surface area contributed by atoms with Crippen molar-refractivity contribution in [3.05, 3.63) is 65.5 Å². The Balaban J connectivity index is 1.61. The molecule has 4 rings (SSSR count). The van der Waals surface area contributed by atoms with Gasteiger partial charge in [-0.05, 0) is 18.1 Å². The maximum absolute atomic E-state index is 6.28. The number of aromatic amines is 1. The number of nitrogens with zero attached hydrogens (tertiary/aromatic N) is 1. The van der Waals surface area contributed by atoms with E-state index in [9.17, 15) is 0 Å². The van der Waals surface area contributed by atoms with Crippen LogP contribution in [0.5, 0.6) is 0 Å². The Morgan fingerprint density at radius 3 is 2.90 bits per heavy atom. The summed E-state index contributed by atoms with van der Waals surface area (Å²) < 4.78 is 5.49. The molecule has 2 heterocycles. The van der Waals surface area contributed by atoms with Crippen LogP contribution in [0.1, 0.15) is 28.9 Å². The molecule has 1 atom stereocenters. The van der Waals surface area contributed by atoms with Gasteiger partial charge in [0.25, 0.3) is 0 Å². The van der Waals surface area contributed by atoms with E-state index in [4.69, 9.17) is 15.1 Å². The molecule has 21 heavy (non-hydrogen) atoms. The maximum Gasteiger partial charge on any atom is 0.113 e. The van der Waals surface area contributed by atoms with Gasteiger partial charge in [0.1, 0.15) is 11.6 Å². The molecule has 4 heteroatoms. The zero-order valence-corrected chi connectivity index (χ0v) is 11.7. The molecule has 0 bridgehead atoms. The first-order chi connectivity index (χ1) is 10.3. The molecule has 0 saturated heterocycles. The van der Waals surface area contributed by atoms with Gasteiger partial charge in [-0.2, -0.15) is 0 Å². The fourth-order valence-electron chi connectivity index (χ4n) is 2.97. The summed E-state index contributed by atoms with van der Waals surface area (Å²) in [6.45, 7) is 0. The van der Waals surface area contributed by atoms with Gasteiger partial charge < -0.3 is 15.1 Å². The first kappa shape index (κ1) is 12.4. The van der Waals surface area contributed by atoms with Gasteiger partial charge in [0.15, 0.2) is 0 Å². The average molecular weight is 279 g/mol. The molecule has 106 valence electrons. The van der Waals surface area contributed by atoms with Crippen LogP contribution in [0.15, 0.2) is 47.1 Å². The lowest BCUT2D eigenvalue weighted by molar-refractivity contribution is 0.506. The Bertz CT molecular complexity index is 757. The average Bonchev–Trinajstić information content (AvgIpc) is 3.12. The van der Waals surface area contributed by atoms with Crippen LogP contribution in [-0.4, -0.2) is 9.97 Å². The first-order valence-electron chi connectivity index (χ1n) is 7.26. The molecule has 0 aliphatic heterocycles. The Labute approximate surface area is 123 Å². The van der Waals surface area contributed by atoms with Gasteiger partial charge in [0.05, 0.1) is 12.0 Å². The molecule has 0 saturated carbocycles. The summed E-state index contributed by atoms with van der Waals surface area (Å²) in [5.41, 5.74) is 10.8. The molecule has 0 fully saturated rings.